The van der Waals surface area contributed by atoms with Crippen molar-refractivity contribution in [2.24, 2.45) is 11.7 Å². The highest BCUT2D eigenvalue weighted by molar-refractivity contribution is 5.78. The van der Waals surface area contributed by atoms with Crippen LogP contribution >= 0.6 is 0 Å². The van der Waals surface area contributed by atoms with E-state index in [1.807, 2.05) is 37.3 Å². The molecule has 1 aromatic rings. The lowest BCUT2D eigenvalue weighted by molar-refractivity contribution is -0.173. The van der Waals surface area contributed by atoms with E-state index in [0.717, 1.165) is 12.0 Å². The fourth-order valence-electron chi connectivity index (χ4n) is 1.97. The monoisotopic (exact) mass is 234 g/mol. The molecule has 0 spiro atoms. The van der Waals surface area contributed by atoms with Gasteiger partial charge in [-0.1, -0.05) is 37.3 Å². The van der Waals surface area contributed by atoms with Crippen LogP contribution in [0.1, 0.15) is 24.9 Å². The Labute approximate surface area is 101 Å². The van der Waals surface area contributed by atoms with Gasteiger partial charge in [0.05, 0.1) is 19.1 Å². The number of hydroxylamine groups is 2. The molecule has 2 atom stereocenters. The van der Waals surface area contributed by atoms with Crippen LogP contribution in [0.25, 0.3) is 0 Å². The fourth-order valence-corrected chi connectivity index (χ4v) is 1.97. The molecule has 1 amide bonds. The van der Waals surface area contributed by atoms with Gasteiger partial charge in [-0.05, 0) is 12.0 Å². The van der Waals surface area contributed by atoms with E-state index < -0.39 is 0 Å². The van der Waals surface area contributed by atoms with Crippen molar-refractivity contribution in [2.45, 2.75) is 19.4 Å². The average molecular weight is 234 g/mol. The van der Waals surface area contributed by atoms with Gasteiger partial charge in [0.1, 0.15) is 0 Å². The first-order valence-electron chi connectivity index (χ1n) is 5.95. The summed E-state index contributed by atoms with van der Waals surface area (Å²) in [5.74, 6) is -0.297. The van der Waals surface area contributed by atoms with Crippen molar-refractivity contribution < 1.29 is 9.63 Å². The molecule has 0 bridgehead atoms. The smallest absolute Gasteiger partial charge is 0.250 e. The van der Waals surface area contributed by atoms with Gasteiger partial charge in [-0.15, -0.1) is 0 Å². The van der Waals surface area contributed by atoms with E-state index in [4.69, 9.17) is 10.6 Å². The highest BCUT2D eigenvalue weighted by Gasteiger charge is 2.29. The van der Waals surface area contributed by atoms with Crippen molar-refractivity contribution in [3.05, 3.63) is 35.9 Å². The minimum absolute atomic E-state index is 0.0288. The van der Waals surface area contributed by atoms with Gasteiger partial charge < -0.3 is 5.73 Å². The number of carbonyl (C=O) groups excluding carboxylic acids is 1. The van der Waals surface area contributed by atoms with Crippen LogP contribution in [0.15, 0.2) is 30.3 Å². The van der Waals surface area contributed by atoms with Gasteiger partial charge in [-0.25, -0.2) is 5.06 Å². The Morgan fingerprint density at radius 2 is 2.12 bits per heavy atom. The summed E-state index contributed by atoms with van der Waals surface area (Å²) >= 11 is 0. The number of nitrogens with two attached hydrogens (primary N) is 1. The summed E-state index contributed by atoms with van der Waals surface area (Å²) in [5.41, 5.74) is 7.08. The van der Waals surface area contributed by atoms with Crippen molar-refractivity contribution in [1.29, 1.82) is 0 Å². The quantitative estimate of drug-likeness (QED) is 0.862. The molecule has 1 fully saturated rings. The zero-order chi connectivity index (χ0) is 12.3. The van der Waals surface area contributed by atoms with Crippen molar-refractivity contribution in [3.63, 3.8) is 0 Å². The Balaban J connectivity index is 2.04. The summed E-state index contributed by atoms with van der Waals surface area (Å²) in [4.78, 5) is 17.3. The third kappa shape index (κ3) is 2.65. The normalized spacial score (nSPS) is 19.1. The van der Waals surface area contributed by atoms with E-state index in [0.29, 0.717) is 13.2 Å². The van der Waals surface area contributed by atoms with E-state index >= 15 is 0 Å². The van der Waals surface area contributed by atoms with Gasteiger partial charge in [0.2, 0.25) is 0 Å². The SMILES string of the molecule is CC(C(=O)N1CCCO1)C(N)c1ccccc1. The predicted molar refractivity (Wildman–Crippen MR) is 64.8 cm³/mol. The Morgan fingerprint density at radius 3 is 2.71 bits per heavy atom. The number of hydrogen-bond donors (Lipinski definition) is 1. The summed E-state index contributed by atoms with van der Waals surface area (Å²) in [6, 6.07) is 9.40. The van der Waals surface area contributed by atoms with Gasteiger partial charge in [-0.2, -0.15) is 0 Å². The maximum Gasteiger partial charge on any atom is 0.250 e. The van der Waals surface area contributed by atoms with Crippen LogP contribution in [0.4, 0.5) is 0 Å². The van der Waals surface area contributed by atoms with Gasteiger partial charge >= 0.3 is 0 Å². The molecule has 0 radical (unpaired) electrons. The maximum absolute atomic E-state index is 12.1. The molecule has 0 aliphatic carbocycles. The van der Waals surface area contributed by atoms with Gasteiger partial charge in [0, 0.05) is 6.04 Å². The number of benzene rings is 1. The minimum Gasteiger partial charge on any atom is -0.323 e. The first-order valence-corrected chi connectivity index (χ1v) is 5.95. The molecule has 92 valence electrons. The molecule has 1 saturated heterocycles. The zero-order valence-corrected chi connectivity index (χ0v) is 10.0. The summed E-state index contributed by atoms with van der Waals surface area (Å²) in [6.45, 7) is 3.14. The van der Waals surface area contributed by atoms with E-state index in [9.17, 15) is 4.79 Å². The van der Waals surface area contributed by atoms with Crippen LogP contribution in [-0.4, -0.2) is 24.1 Å². The second-order valence-corrected chi connectivity index (χ2v) is 4.35. The van der Waals surface area contributed by atoms with Gasteiger partial charge in [0.25, 0.3) is 5.91 Å². The van der Waals surface area contributed by atoms with Gasteiger partial charge in [0.15, 0.2) is 0 Å². The number of carbonyl (C=O) groups is 1. The molecule has 0 aromatic heterocycles. The van der Waals surface area contributed by atoms with E-state index in [1.54, 1.807) is 0 Å². The van der Waals surface area contributed by atoms with Gasteiger partial charge in [-0.3, -0.25) is 9.63 Å². The number of rotatable bonds is 3. The molecule has 2 N–H and O–H groups in total. The summed E-state index contributed by atoms with van der Waals surface area (Å²) in [6.07, 6.45) is 0.902. The number of hydrogen-bond acceptors (Lipinski definition) is 3. The Morgan fingerprint density at radius 1 is 1.41 bits per heavy atom. The fraction of sp³-hybridized carbons (Fsp3) is 0.462. The molecule has 0 saturated carbocycles. The predicted octanol–water partition coefficient (Wildman–Crippen LogP) is 1.49. The third-order valence-corrected chi connectivity index (χ3v) is 3.11. The molecule has 2 rings (SSSR count). The van der Waals surface area contributed by atoms with Crippen molar-refractivity contribution in [3.8, 4) is 0 Å². The lowest BCUT2D eigenvalue weighted by Gasteiger charge is -2.23. The molecule has 1 heterocycles. The lowest BCUT2D eigenvalue weighted by Crippen LogP contribution is -2.37. The van der Waals surface area contributed by atoms with Crippen LogP contribution in [0.5, 0.6) is 0 Å². The highest BCUT2D eigenvalue weighted by atomic mass is 16.7. The molecule has 2 unspecified atom stereocenters. The molecule has 1 aliphatic rings. The van der Waals surface area contributed by atoms with Crippen molar-refractivity contribution in [1.82, 2.24) is 5.06 Å². The molecular formula is C13H18N2O2. The van der Waals surface area contributed by atoms with Crippen LogP contribution in [-0.2, 0) is 9.63 Å². The Hall–Kier alpha value is -1.39. The van der Waals surface area contributed by atoms with E-state index in [-0.39, 0.29) is 17.9 Å². The lowest BCUT2D eigenvalue weighted by atomic mass is 9.94. The Bertz CT molecular complexity index is 374. The van der Waals surface area contributed by atoms with Crippen LogP contribution in [0.3, 0.4) is 0 Å². The second kappa shape index (κ2) is 5.29. The zero-order valence-electron chi connectivity index (χ0n) is 10.0. The number of nitrogens with zero attached hydrogens (tertiary/aromatic N) is 1. The van der Waals surface area contributed by atoms with E-state index in [1.165, 1.54) is 5.06 Å². The third-order valence-electron chi connectivity index (χ3n) is 3.11. The van der Waals surface area contributed by atoms with Crippen molar-refractivity contribution in [2.75, 3.05) is 13.2 Å². The molecule has 4 nitrogen and oxygen atoms in total. The van der Waals surface area contributed by atoms with E-state index in [2.05, 4.69) is 0 Å². The maximum atomic E-state index is 12.1. The average Bonchev–Trinajstić information content (AvgIpc) is 2.91. The second-order valence-electron chi connectivity index (χ2n) is 4.35. The minimum atomic E-state index is -0.284. The standard InChI is InChI=1S/C13H18N2O2/c1-10(13(16)15-8-5-9-17-15)12(14)11-6-3-2-4-7-11/h2-4,6-7,10,12H,5,8-9,14H2,1H3. The summed E-state index contributed by atoms with van der Waals surface area (Å²) in [7, 11) is 0. The molecule has 17 heavy (non-hydrogen) atoms. The van der Waals surface area contributed by atoms with Crippen LogP contribution in [0.2, 0.25) is 0 Å². The highest BCUT2D eigenvalue weighted by Crippen LogP contribution is 2.22. The van der Waals surface area contributed by atoms with Crippen LogP contribution < -0.4 is 5.73 Å². The topological polar surface area (TPSA) is 55.6 Å². The first-order chi connectivity index (χ1) is 8.20. The van der Waals surface area contributed by atoms with Crippen molar-refractivity contribution >= 4 is 5.91 Å². The Kier molecular flexibility index (Phi) is 3.76. The molecule has 1 aliphatic heterocycles. The molecule has 1 aromatic carbocycles. The summed E-state index contributed by atoms with van der Waals surface area (Å²) < 4.78 is 0. The number of amides is 1. The first kappa shape index (κ1) is 12.1. The van der Waals surface area contributed by atoms with Crippen LogP contribution in [0, 0.1) is 5.92 Å². The largest absolute Gasteiger partial charge is 0.323 e. The molecular weight excluding hydrogens is 216 g/mol. The molecule has 4 heteroatoms. The summed E-state index contributed by atoms with van der Waals surface area (Å²) in [5, 5.41) is 1.44.